The molecule has 0 radical (unpaired) electrons. The molecule has 3 aliphatic rings. The maximum Gasteiger partial charge on any atom is 0.408 e. The standard InChI is InChI=1S/C27H30N2O5/c1-27(17-13-14-17,25(32)29-15-7-6-12-23(29)24(30)31)28-26(33)34-16-22-20-10-4-2-8-18(20)19-9-3-5-11-21(19)22/h2-5,8-11,17,22-23H,6-7,12-16H2,1H3,(H,28,33)(H,30,31)/t23-,27?/m0/s1. The number of rotatable bonds is 6. The second kappa shape index (κ2) is 8.78. The molecule has 1 aliphatic heterocycles. The molecule has 178 valence electrons. The van der Waals surface area contributed by atoms with Crippen molar-refractivity contribution in [2.45, 2.75) is 56.5 Å². The van der Waals surface area contributed by atoms with Crippen molar-refractivity contribution in [1.82, 2.24) is 10.2 Å². The molecule has 2 aromatic rings. The highest BCUT2D eigenvalue weighted by Gasteiger charge is 2.52. The Morgan fingerprint density at radius 3 is 2.21 bits per heavy atom. The van der Waals surface area contributed by atoms with E-state index in [1.54, 1.807) is 6.92 Å². The summed E-state index contributed by atoms with van der Waals surface area (Å²) in [5, 5.41) is 12.5. The molecule has 2 aliphatic carbocycles. The summed E-state index contributed by atoms with van der Waals surface area (Å²) >= 11 is 0. The number of fused-ring (bicyclic) bond motifs is 3. The number of hydrogen-bond acceptors (Lipinski definition) is 4. The molecule has 2 atom stereocenters. The van der Waals surface area contributed by atoms with E-state index in [0.29, 0.717) is 13.0 Å². The van der Waals surface area contributed by atoms with Crippen LogP contribution in [-0.2, 0) is 14.3 Å². The summed E-state index contributed by atoms with van der Waals surface area (Å²) in [4.78, 5) is 39.7. The minimum absolute atomic E-state index is 0.0168. The Morgan fingerprint density at radius 2 is 1.62 bits per heavy atom. The molecule has 5 rings (SSSR count). The number of carbonyl (C=O) groups is 3. The van der Waals surface area contributed by atoms with E-state index in [1.807, 2.05) is 24.3 Å². The van der Waals surface area contributed by atoms with Crippen molar-refractivity contribution in [3.8, 4) is 11.1 Å². The first kappa shape index (κ1) is 22.4. The van der Waals surface area contributed by atoms with Crippen LogP contribution in [0.3, 0.4) is 0 Å². The van der Waals surface area contributed by atoms with Crippen LogP contribution in [-0.4, -0.2) is 52.7 Å². The van der Waals surface area contributed by atoms with Crippen LogP contribution in [0.5, 0.6) is 0 Å². The lowest BCUT2D eigenvalue weighted by molar-refractivity contribution is -0.155. The summed E-state index contributed by atoms with van der Waals surface area (Å²) in [7, 11) is 0. The summed E-state index contributed by atoms with van der Waals surface area (Å²) in [6, 6.07) is 15.4. The fourth-order valence-electron chi connectivity index (χ4n) is 5.57. The quantitative estimate of drug-likeness (QED) is 0.672. The number of aliphatic carboxylic acids is 1. The highest BCUT2D eigenvalue weighted by Crippen LogP contribution is 2.45. The molecule has 0 aromatic heterocycles. The number of nitrogens with zero attached hydrogens (tertiary/aromatic N) is 1. The average molecular weight is 463 g/mol. The summed E-state index contributed by atoms with van der Waals surface area (Å²) in [6.45, 7) is 2.27. The van der Waals surface area contributed by atoms with Crippen LogP contribution in [0.1, 0.15) is 56.1 Å². The van der Waals surface area contributed by atoms with Crippen molar-refractivity contribution in [2.75, 3.05) is 13.2 Å². The second-order valence-corrected chi connectivity index (χ2v) is 9.78. The van der Waals surface area contributed by atoms with Gasteiger partial charge in [-0.3, -0.25) is 4.79 Å². The smallest absolute Gasteiger partial charge is 0.408 e. The van der Waals surface area contributed by atoms with Crippen molar-refractivity contribution in [3.63, 3.8) is 0 Å². The van der Waals surface area contributed by atoms with Crippen molar-refractivity contribution in [2.24, 2.45) is 5.92 Å². The van der Waals surface area contributed by atoms with Crippen LogP contribution in [0.25, 0.3) is 11.1 Å². The van der Waals surface area contributed by atoms with Gasteiger partial charge in [0, 0.05) is 12.5 Å². The van der Waals surface area contributed by atoms with Crippen LogP contribution >= 0.6 is 0 Å². The van der Waals surface area contributed by atoms with Crippen molar-refractivity contribution in [1.29, 1.82) is 0 Å². The molecular weight excluding hydrogens is 432 g/mol. The van der Waals surface area contributed by atoms with E-state index in [-0.39, 0.29) is 24.3 Å². The van der Waals surface area contributed by atoms with E-state index in [4.69, 9.17) is 4.74 Å². The lowest BCUT2D eigenvalue weighted by Crippen LogP contribution is -2.63. The number of carboxylic acid groups (broad SMARTS) is 1. The molecule has 0 bridgehead atoms. The third-order valence-electron chi connectivity index (χ3n) is 7.59. The Hall–Kier alpha value is -3.35. The Labute approximate surface area is 199 Å². The summed E-state index contributed by atoms with van der Waals surface area (Å²) in [5.41, 5.74) is 3.36. The first-order valence-electron chi connectivity index (χ1n) is 12.1. The zero-order valence-corrected chi connectivity index (χ0v) is 19.3. The predicted octanol–water partition coefficient (Wildman–Crippen LogP) is 4.16. The number of nitrogens with one attached hydrogen (secondary N) is 1. The van der Waals surface area contributed by atoms with Crippen molar-refractivity contribution < 1.29 is 24.2 Å². The van der Waals surface area contributed by atoms with Gasteiger partial charge in [0.15, 0.2) is 0 Å². The summed E-state index contributed by atoms with van der Waals surface area (Å²) < 4.78 is 5.69. The molecule has 2 amide bonds. The number of alkyl carbamates (subject to hydrolysis) is 1. The minimum Gasteiger partial charge on any atom is -0.480 e. The fourth-order valence-corrected chi connectivity index (χ4v) is 5.57. The van der Waals surface area contributed by atoms with Crippen LogP contribution < -0.4 is 5.32 Å². The maximum atomic E-state index is 13.5. The number of ether oxygens (including phenoxy) is 1. The number of hydrogen-bond donors (Lipinski definition) is 2. The molecule has 34 heavy (non-hydrogen) atoms. The normalized spacial score (nSPS) is 21.2. The lowest BCUT2D eigenvalue weighted by Gasteiger charge is -2.40. The minimum atomic E-state index is -1.17. The first-order chi connectivity index (χ1) is 16.4. The van der Waals surface area contributed by atoms with Crippen LogP contribution in [0, 0.1) is 5.92 Å². The summed E-state index contributed by atoms with van der Waals surface area (Å²) in [5.74, 6) is -1.40. The Bertz CT molecular complexity index is 1080. The van der Waals surface area contributed by atoms with Crippen LogP contribution in [0.2, 0.25) is 0 Å². The molecule has 1 saturated heterocycles. The van der Waals surface area contributed by atoms with E-state index in [0.717, 1.165) is 47.9 Å². The molecule has 7 nitrogen and oxygen atoms in total. The van der Waals surface area contributed by atoms with E-state index >= 15 is 0 Å². The zero-order chi connectivity index (χ0) is 23.9. The number of amides is 2. The van der Waals surface area contributed by atoms with Crippen LogP contribution in [0.15, 0.2) is 48.5 Å². The highest BCUT2D eigenvalue weighted by molar-refractivity contribution is 5.93. The van der Waals surface area contributed by atoms with Crippen molar-refractivity contribution >= 4 is 18.0 Å². The van der Waals surface area contributed by atoms with Gasteiger partial charge in [0.05, 0.1) is 0 Å². The van der Waals surface area contributed by atoms with Gasteiger partial charge in [-0.1, -0.05) is 48.5 Å². The van der Waals surface area contributed by atoms with Gasteiger partial charge in [0.25, 0.3) is 0 Å². The van der Waals surface area contributed by atoms with E-state index < -0.39 is 23.6 Å². The third kappa shape index (κ3) is 3.93. The Balaban J connectivity index is 1.30. The van der Waals surface area contributed by atoms with Gasteiger partial charge in [-0.05, 0) is 67.2 Å². The number of benzene rings is 2. The van der Waals surface area contributed by atoms with E-state index in [9.17, 15) is 19.5 Å². The first-order valence-corrected chi connectivity index (χ1v) is 12.1. The van der Waals surface area contributed by atoms with Gasteiger partial charge in [0.2, 0.25) is 5.91 Å². The van der Waals surface area contributed by atoms with Gasteiger partial charge in [-0.25, -0.2) is 9.59 Å². The third-order valence-corrected chi connectivity index (χ3v) is 7.59. The molecule has 1 heterocycles. The Morgan fingerprint density at radius 1 is 1.00 bits per heavy atom. The largest absolute Gasteiger partial charge is 0.480 e. The molecule has 2 fully saturated rings. The molecule has 2 N–H and O–H groups in total. The molecule has 7 heteroatoms. The maximum absolute atomic E-state index is 13.5. The Kier molecular flexibility index (Phi) is 5.80. The van der Waals surface area contributed by atoms with Crippen molar-refractivity contribution in [3.05, 3.63) is 59.7 Å². The van der Waals surface area contributed by atoms with Gasteiger partial charge >= 0.3 is 12.1 Å². The van der Waals surface area contributed by atoms with Gasteiger partial charge in [-0.2, -0.15) is 0 Å². The van der Waals surface area contributed by atoms with Gasteiger partial charge in [-0.15, -0.1) is 0 Å². The zero-order valence-electron chi connectivity index (χ0n) is 19.3. The van der Waals surface area contributed by atoms with Crippen LogP contribution in [0.4, 0.5) is 4.79 Å². The molecule has 1 unspecified atom stereocenters. The number of carbonyl (C=O) groups excluding carboxylic acids is 2. The van der Waals surface area contributed by atoms with E-state index in [1.165, 1.54) is 4.90 Å². The number of piperidine rings is 1. The number of carboxylic acids is 1. The van der Waals surface area contributed by atoms with Gasteiger partial charge < -0.3 is 20.1 Å². The molecule has 0 spiro atoms. The van der Waals surface area contributed by atoms with Gasteiger partial charge in [0.1, 0.15) is 18.2 Å². The monoisotopic (exact) mass is 462 g/mol. The van der Waals surface area contributed by atoms with E-state index in [2.05, 4.69) is 29.6 Å². The SMILES string of the molecule is CC(NC(=O)OCC1c2ccccc2-c2ccccc21)(C(=O)N1CCCC[C@H]1C(=O)O)C1CC1. The fraction of sp³-hybridized carbons (Fsp3) is 0.444. The highest BCUT2D eigenvalue weighted by atomic mass is 16.5. The molecular formula is C27H30N2O5. The molecule has 2 aromatic carbocycles. The second-order valence-electron chi connectivity index (χ2n) is 9.78. The topological polar surface area (TPSA) is 95.9 Å². The predicted molar refractivity (Wildman–Crippen MR) is 126 cm³/mol. The summed E-state index contributed by atoms with van der Waals surface area (Å²) in [6.07, 6.45) is 2.97. The lowest BCUT2D eigenvalue weighted by atomic mass is 9.91. The molecule has 1 saturated carbocycles. The number of likely N-dealkylation sites (tertiary alicyclic amines) is 1. The average Bonchev–Trinajstić information content (AvgIpc) is 3.66.